The summed E-state index contributed by atoms with van der Waals surface area (Å²) in [5.74, 6) is 0.670. The molecule has 344 valence electrons. The molecule has 1 aliphatic heterocycles. The summed E-state index contributed by atoms with van der Waals surface area (Å²) in [6.45, 7) is 11.5. The Bertz CT molecular complexity index is 2700. The number of unbranched alkanes of at least 4 members (excludes halogenated alkanes) is 6. The maximum Gasteiger partial charge on any atom is 0.333 e. The van der Waals surface area contributed by atoms with Gasteiger partial charge in [0.15, 0.2) is 0 Å². The average Bonchev–Trinajstić information content (AvgIpc) is 3.78. The number of carbonyl (C=O) groups excluding carboxylic acids is 3. The molecule has 1 saturated heterocycles. The van der Waals surface area contributed by atoms with Crippen LogP contribution < -0.4 is 14.4 Å². The molecule has 11 heteroatoms. The van der Waals surface area contributed by atoms with Gasteiger partial charge in [-0.3, -0.25) is 19.4 Å². The normalized spacial score (nSPS) is 13.2. The van der Waals surface area contributed by atoms with Gasteiger partial charge < -0.3 is 14.4 Å². The zero-order chi connectivity index (χ0) is 46.6. The molecule has 5 aromatic carbocycles. The lowest BCUT2D eigenvalue weighted by Gasteiger charge is -2.32. The van der Waals surface area contributed by atoms with Crippen molar-refractivity contribution in [1.29, 1.82) is 0 Å². The third-order valence-electron chi connectivity index (χ3n) is 12.0. The number of benzene rings is 5. The van der Waals surface area contributed by atoms with Gasteiger partial charge in [0.1, 0.15) is 17.1 Å². The summed E-state index contributed by atoms with van der Waals surface area (Å²) in [5.41, 5.74) is 4.45. The third kappa shape index (κ3) is 11.6. The number of barbiturate groups is 1. The summed E-state index contributed by atoms with van der Waals surface area (Å²) in [6, 6.07) is 33.4. The summed E-state index contributed by atoms with van der Waals surface area (Å²) in [6.07, 6.45) is 14.5. The molecule has 1 fully saturated rings. The van der Waals surface area contributed by atoms with E-state index in [2.05, 4.69) is 142 Å². The number of urea groups is 1. The van der Waals surface area contributed by atoms with Crippen LogP contribution in [0.1, 0.15) is 94.4 Å². The molecule has 1 aliphatic rings. The van der Waals surface area contributed by atoms with Crippen molar-refractivity contribution in [3.8, 4) is 22.6 Å². The van der Waals surface area contributed by atoms with Crippen LogP contribution >= 0.6 is 43.2 Å². The van der Waals surface area contributed by atoms with Crippen LogP contribution in [-0.4, -0.2) is 67.0 Å². The molecule has 8 nitrogen and oxygen atoms in total. The number of thiophene rings is 1. The number of anilines is 1. The predicted octanol–water partition coefficient (Wildman–Crippen LogP) is 15.1. The molecule has 0 bridgehead atoms. The zero-order valence-electron chi connectivity index (χ0n) is 38.4. The van der Waals surface area contributed by atoms with Crippen LogP contribution in [0.3, 0.4) is 0 Å². The first kappa shape index (κ1) is 48.7. The van der Waals surface area contributed by atoms with Crippen molar-refractivity contribution >= 4 is 107 Å². The lowest BCUT2D eigenvalue weighted by Crippen LogP contribution is -2.56. The smallest absolute Gasteiger partial charge is 0.333 e. The molecule has 2 heterocycles. The Morgan fingerprint density at radius 3 is 1.68 bits per heavy atom. The fraction of sp³-hybridized carbons (Fsp3) is 0.327. The number of amides is 4. The quantitative estimate of drug-likeness (QED) is 0.0383. The van der Waals surface area contributed by atoms with Crippen LogP contribution in [0.25, 0.3) is 50.9 Å². The minimum Gasteiger partial charge on any atom is -0.493 e. The Labute approximate surface area is 410 Å². The van der Waals surface area contributed by atoms with Gasteiger partial charge in [-0.2, -0.15) is 0 Å². The van der Waals surface area contributed by atoms with E-state index in [9.17, 15) is 14.4 Å². The summed E-state index contributed by atoms with van der Waals surface area (Å²) in [7, 11) is 0. The first-order valence-electron chi connectivity index (χ1n) is 23.4. The second-order valence-corrected chi connectivity index (χ2v) is 19.4. The van der Waals surface area contributed by atoms with Gasteiger partial charge in [-0.05, 0) is 140 Å². The second kappa shape index (κ2) is 23.5. The molecule has 4 amide bonds. The average molecular weight is 1030 g/mol. The van der Waals surface area contributed by atoms with Crippen molar-refractivity contribution < 1.29 is 23.9 Å². The second-order valence-electron chi connectivity index (χ2n) is 16.5. The first-order valence-corrected chi connectivity index (χ1v) is 25.8. The van der Waals surface area contributed by atoms with Gasteiger partial charge in [0.05, 0.1) is 13.2 Å². The number of rotatable bonds is 22. The number of nitrogens with zero attached hydrogens (tertiary/aromatic N) is 3. The molecule has 0 radical (unpaired) electrons. The van der Waals surface area contributed by atoms with Gasteiger partial charge in [0.2, 0.25) is 0 Å². The van der Waals surface area contributed by atoms with Gasteiger partial charge >= 0.3 is 6.03 Å². The zero-order valence-corrected chi connectivity index (χ0v) is 42.4. The van der Waals surface area contributed by atoms with Crippen LogP contribution in [0, 0.1) is 0 Å². The van der Waals surface area contributed by atoms with Crippen LogP contribution in [-0.2, 0) is 9.59 Å². The van der Waals surface area contributed by atoms with E-state index in [0.29, 0.717) is 13.2 Å². The largest absolute Gasteiger partial charge is 0.493 e. The van der Waals surface area contributed by atoms with Crippen molar-refractivity contribution in [3.05, 3.63) is 127 Å². The number of hydrogen-bond acceptors (Lipinski definition) is 7. The van der Waals surface area contributed by atoms with Crippen molar-refractivity contribution in [1.82, 2.24) is 9.80 Å². The number of likely N-dealkylation sites (N-methyl/N-ethyl adjacent to an activating group) is 2. The Kier molecular flexibility index (Phi) is 17.3. The highest BCUT2D eigenvalue weighted by Gasteiger charge is 2.40. The minimum absolute atomic E-state index is 0.0141. The molecular weight excluding hydrogens is 974 g/mol. The maximum atomic E-state index is 12.9. The molecule has 0 aliphatic carbocycles. The Balaban J connectivity index is 0.945. The molecule has 1 aromatic heterocycles. The van der Waals surface area contributed by atoms with E-state index in [1.54, 1.807) is 19.9 Å². The first-order chi connectivity index (χ1) is 32.1. The number of carbonyl (C=O) groups is 3. The monoisotopic (exact) mass is 1030 g/mol. The standard InChI is InChI=1S/C55H59Br2N3O5S/c1-5-9-10-14-33-64-49-30-19-39-35-41(56)21-28-46(39)51(49)52-47-29-22-42(57)36-40(47)20-31-50(52)65-34-15-12-11-13-32-58(6-2)43-23-16-38(17-24-43)18-25-44-26-27-45(66-44)37-48-53(61)59(7-3)55(63)60(8-4)54(48)62/h16-31,35-37H,5-15,32-34H2,1-4H3/b25-18+. The SMILES string of the molecule is CCCCCCOc1ccc2cc(Br)ccc2c1-c1c(OCCCCCCN(CC)c2ccc(/C=C/c3ccc(C=C4C(=O)N(CC)C(=O)N(CC)C4=O)s3)cc2)ccc2cc(Br)ccc12. The number of fused-ring (bicyclic) bond motifs is 2. The number of halogens is 2. The molecule has 6 aromatic rings. The van der Waals surface area contributed by atoms with Crippen LogP contribution in [0.4, 0.5) is 10.5 Å². The lowest BCUT2D eigenvalue weighted by atomic mass is 9.92. The summed E-state index contributed by atoms with van der Waals surface area (Å²) in [5, 5.41) is 4.57. The molecule has 0 saturated carbocycles. The van der Waals surface area contributed by atoms with Gasteiger partial charge in [-0.25, -0.2) is 4.79 Å². The van der Waals surface area contributed by atoms with Crippen molar-refractivity contribution in [2.24, 2.45) is 0 Å². The van der Waals surface area contributed by atoms with Gasteiger partial charge in [0, 0.05) is 61.7 Å². The van der Waals surface area contributed by atoms with E-state index in [1.807, 2.05) is 18.2 Å². The Morgan fingerprint density at radius 2 is 1.14 bits per heavy atom. The van der Waals surface area contributed by atoms with Gasteiger partial charge in [0.25, 0.3) is 11.8 Å². The van der Waals surface area contributed by atoms with Crippen molar-refractivity contribution in [2.45, 2.75) is 79.1 Å². The molecular formula is C55H59Br2N3O5S. The van der Waals surface area contributed by atoms with E-state index in [0.717, 1.165) is 130 Å². The van der Waals surface area contributed by atoms with E-state index in [4.69, 9.17) is 9.47 Å². The summed E-state index contributed by atoms with van der Waals surface area (Å²) in [4.78, 5) is 44.9. The molecule has 0 atom stereocenters. The number of ether oxygens (including phenoxy) is 2. The molecule has 7 rings (SSSR count). The van der Waals surface area contributed by atoms with Crippen molar-refractivity contribution in [2.75, 3.05) is 44.3 Å². The van der Waals surface area contributed by atoms with E-state index in [-0.39, 0.29) is 18.7 Å². The predicted molar refractivity (Wildman–Crippen MR) is 282 cm³/mol. The molecule has 0 unspecified atom stereocenters. The Morgan fingerprint density at radius 1 is 0.591 bits per heavy atom. The fourth-order valence-electron chi connectivity index (χ4n) is 8.47. The minimum atomic E-state index is -0.561. The van der Waals surface area contributed by atoms with Crippen molar-refractivity contribution in [3.63, 3.8) is 0 Å². The highest BCUT2D eigenvalue weighted by atomic mass is 79.9. The Hall–Kier alpha value is -5.23. The summed E-state index contributed by atoms with van der Waals surface area (Å²) >= 11 is 8.87. The van der Waals surface area contributed by atoms with Crippen LogP contribution in [0.15, 0.2) is 112 Å². The fourth-order valence-corrected chi connectivity index (χ4v) is 10.1. The third-order valence-corrected chi connectivity index (χ3v) is 14.0. The molecule has 0 spiro atoms. The van der Waals surface area contributed by atoms with Gasteiger partial charge in [-0.1, -0.05) is 113 Å². The number of imide groups is 2. The van der Waals surface area contributed by atoms with Crippen LogP contribution in [0.2, 0.25) is 0 Å². The lowest BCUT2D eigenvalue weighted by molar-refractivity contribution is -0.135. The highest BCUT2D eigenvalue weighted by Crippen LogP contribution is 2.46. The number of hydrogen-bond donors (Lipinski definition) is 0. The van der Waals surface area contributed by atoms with Gasteiger partial charge in [-0.15, -0.1) is 11.3 Å². The van der Waals surface area contributed by atoms with E-state index in [1.165, 1.54) is 29.9 Å². The maximum absolute atomic E-state index is 12.9. The molecule has 0 N–H and O–H groups in total. The highest BCUT2D eigenvalue weighted by molar-refractivity contribution is 9.10. The molecule has 66 heavy (non-hydrogen) atoms. The van der Waals surface area contributed by atoms with E-state index >= 15 is 0 Å². The summed E-state index contributed by atoms with van der Waals surface area (Å²) < 4.78 is 15.4. The topological polar surface area (TPSA) is 79.4 Å². The van der Waals surface area contributed by atoms with Crippen LogP contribution in [0.5, 0.6) is 11.5 Å². The van der Waals surface area contributed by atoms with E-state index < -0.39 is 17.8 Å².